The van der Waals surface area contributed by atoms with E-state index < -0.39 is 0 Å². The highest BCUT2D eigenvalue weighted by Crippen LogP contribution is 2.10. The molecule has 15 heavy (non-hydrogen) atoms. The quantitative estimate of drug-likeness (QED) is 0.658. The van der Waals surface area contributed by atoms with E-state index in [2.05, 4.69) is 28.7 Å². The number of hydrogen-bond donors (Lipinski definition) is 2. The summed E-state index contributed by atoms with van der Waals surface area (Å²) in [6.07, 6.45) is 6.68. The monoisotopic (exact) mass is 211 g/mol. The largest absolute Gasteiger partial charge is 0.396 e. The first-order valence-electron chi connectivity index (χ1n) is 5.41. The molecule has 1 aromatic heterocycles. The molecule has 0 aliphatic heterocycles. The minimum absolute atomic E-state index is 0.0188. The second kappa shape index (κ2) is 5.88. The maximum absolute atomic E-state index is 9.05. The van der Waals surface area contributed by atoms with E-state index >= 15 is 0 Å². The second-order valence-corrected chi connectivity index (χ2v) is 4.65. The maximum Gasteiger partial charge on any atom is 0.0945 e. The number of imidazole rings is 1. The summed E-state index contributed by atoms with van der Waals surface area (Å²) in [5.41, 5.74) is -0.0188. The highest BCUT2D eigenvalue weighted by Gasteiger charge is 2.14. The van der Waals surface area contributed by atoms with Crippen LogP contribution in [0.1, 0.15) is 20.3 Å². The highest BCUT2D eigenvalue weighted by molar-refractivity contribution is 4.74. The minimum atomic E-state index is -0.0188. The van der Waals surface area contributed by atoms with Crippen molar-refractivity contribution >= 4 is 0 Å². The first-order valence-corrected chi connectivity index (χ1v) is 5.41. The summed E-state index contributed by atoms with van der Waals surface area (Å²) in [6, 6.07) is 0. The van der Waals surface area contributed by atoms with Gasteiger partial charge in [0.15, 0.2) is 0 Å². The van der Waals surface area contributed by atoms with Crippen molar-refractivity contribution in [2.75, 3.05) is 19.7 Å². The molecule has 0 amide bonds. The Kier molecular flexibility index (Phi) is 4.78. The molecular formula is C11H21N3O. The van der Waals surface area contributed by atoms with Crippen LogP contribution in [0.25, 0.3) is 0 Å². The zero-order valence-corrected chi connectivity index (χ0v) is 9.61. The number of rotatable bonds is 7. The zero-order valence-electron chi connectivity index (χ0n) is 9.61. The third-order valence-corrected chi connectivity index (χ3v) is 2.36. The van der Waals surface area contributed by atoms with Gasteiger partial charge in [-0.1, -0.05) is 13.8 Å². The van der Waals surface area contributed by atoms with Crippen molar-refractivity contribution in [3.8, 4) is 0 Å². The van der Waals surface area contributed by atoms with E-state index in [4.69, 9.17) is 5.11 Å². The van der Waals surface area contributed by atoms with E-state index in [1.165, 1.54) is 0 Å². The molecule has 0 atom stereocenters. The van der Waals surface area contributed by atoms with E-state index in [1.807, 2.05) is 12.5 Å². The fraction of sp³-hybridized carbons (Fsp3) is 0.727. The molecule has 86 valence electrons. The number of aryl methyl sites for hydroxylation is 1. The molecule has 1 aromatic rings. The predicted molar refractivity (Wildman–Crippen MR) is 60.6 cm³/mol. The summed E-state index contributed by atoms with van der Waals surface area (Å²) >= 11 is 0. The third-order valence-electron chi connectivity index (χ3n) is 2.36. The van der Waals surface area contributed by atoms with Crippen LogP contribution in [0.2, 0.25) is 0 Å². The Bertz CT molecular complexity index is 257. The van der Waals surface area contributed by atoms with E-state index in [0.717, 1.165) is 26.1 Å². The summed E-state index contributed by atoms with van der Waals surface area (Å²) in [5, 5.41) is 12.4. The standard InChI is InChI=1S/C11H21N3O/c1-11(2,9-15)8-12-4-3-6-14-7-5-13-10-14/h5,7,10,12,15H,3-4,6,8-9H2,1-2H3. The molecule has 0 bridgehead atoms. The fourth-order valence-corrected chi connectivity index (χ4v) is 1.29. The molecule has 4 heteroatoms. The van der Waals surface area contributed by atoms with Gasteiger partial charge in [-0.3, -0.25) is 0 Å². The van der Waals surface area contributed by atoms with Crippen molar-refractivity contribution in [3.05, 3.63) is 18.7 Å². The van der Waals surface area contributed by atoms with Gasteiger partial charge in [-0.25, -0.2) is 4.98 Å². The SMILES string of the molecule is CC(C)(CO)CNCCCn1ccnc1. The van der Waals surface area contributed by atoms with Gasteiger partial charge in [0.05, 0.1) is 6.33 Å². The Labute approximate surface area is 91.3 Å². The third kappa shape index (κ3) is 4.95. The Hall–Kier alpha value is -0.870. The van der Waals surface area contributed by atoms with E-state index in [1.54, 1.807) is 6.20 Å². The van der Waals surface area contributed by atoms with Crippen LogP contribution in [0.4, 0.5) is 0 Å². The Morgan fingerprint density at radius 1 is 1.47 bits per heavy atom. The van der Waals surface area contributed by atoms with Crippen molar-refractivity contribution < 1.29 is 5.11 Å². The van der Waals surface area contributed by atoms with Crippen LogP contribution in [0, 0.1) is 5.41 Å². The fourth-order valence-electron chi connectivity index (χ4n) is 1.29. The number of aliphatic hydroxyl groups is 1. The van der Waals surface area contributed by atoms with Crippen LogP contribution >= 0.6 is 0 Å². The van der Waals surface area contributed by atoms with Gasteiger partial charge >= 0.3 is 0 Å². The summed E-state index contributed by atoms with van der Waals surface area (Å²) in [4.78, 5) is 3.98. The summed E-state index contributed by atoms with van der Waals surface area (Å²) in [6.45, 7) is 7.15. The number of aliphatic hydroxyl groups excluding tert-OH is 1. The molecule has 0 aliphatic rings. The van der Waals surface area contributed by atoms with Gasteiger partial charge in [-0.05, 0) is 13.0 Å². The lowest BCUT2D eigenvalue weighted by atomic mass is 9.95. The smallest absolute Gasteiger partial charge is 0.0945 e. The lowest BCUT2D eigenvalue weighted by molar-refractivity contribution is 0.157. The van der Waals surface area contributed by atoms with Gasteiger partial charge in [0.1, 0.15) is 0 Å². The highest BCUT2D eigenvalue weighted by atomic mass is 16.3. The van der Waals surface area contributed by atoms with Crippen LogP contribution in [-0.2, 0) is 6.54 Å². The van der Waals surface area contributed by atoms with Crippen LogP contribution in [0.3, 0.4) is 0 Å². The number of aromatic nitrogens is 2. The minimum Gasteiger partial charge on any atom is -0.396 e. The Morgan fingerprint density at radius 2 is 2.27 bits per heavy atom. The van der Waals surface area contributed by atoms with E-state index in [9.17, 15) is 0 Å². The van der Waals surface area contributed by atoms with Crippen molar-refractivity contribution in [1.29, 1.82) is 0 Å². The molecule has 2 N–H and O–H groups in total. The second-order valence-electron chi connectivity index (χ2n) is 4.65. The molecule has 0 unspecified atom stereocenters. The van der Waals surface area contributed by atoms with Gasteiger partial charge < -0.3 is 15.0 Å². The average Bonchev–Trinajstić information content (AvgIpc) is 2.70. The predicted octanol–water partition coefficient (Wildman–Crippen LogP) is 0.881. The van der Waals surface area contributed by atoms with Gasteiger partial charge in [0.2, 0.25) is 0 Å². The summed E-state index contributed by atoms with van der Waals surface area (Å²) in [7, 11) is 0. The normalized spacial score (nSPS) is 11.9. The molecule has 0 saturated carbocycles. The molecule has 0 aromatic carbocycles. The van der Waals surface area contributed by atoms with Crippen molar-refractivity contribution in [3.63, 3.8) is 0 Å². The van der Waals surface area contributed by atoms with Gasteiger partial charge in [-0.2, -0.15) is 0 Å². The number of nitrogens with one attached hydrogen (secondary N) is 1. The van der Waals surface area contributed by atoms with Gasteiger partial charge in [0, 0.05) is 37.5 Å². The first-order chi connectivity index (χ1) is 7.14. The van der Waals surface area contributed by atoms with Crippen LogP contribution in [-0.4, -0.2) is 34.4 Å². The molecule has 1 rings (SSSR count). The first kappa shape index (κ1) is 12.2. The van der Waals surface area contributed by atoms with Crippen LogP contribution < -0.4 is 5.32 Å². The average molecular weight is 211 g/mol. The molecule has 0 saturated heterocycles. The molecule has 4 nitrogen and oxygen atoms in total. The molecule has 1 heterocycles. The maximum atomic E-state index is 9.05. The van der Waals surface area contributed by atoms with Crippen LogP contribution in [0.5, 0.6) is 0 Å². The van der Waals surface area contributed by atoms with Gasteiger partial charge in [0.25, 0.3) is 0 Å². The van der Waals surface area contributed by atoms with Crippen molar-refractivity contribution in [2.24, 2.45) is 5.41 Å². The van der Waals surface area contributed by atoms with Crippen molar-refractivity contribution in [2.45, 2.75) is 26.8 Å². The topological polar surface area (TPSA) is 50.1 Å². The lowest BCUT2D eigenvalue weighted by Crippen LogP contribution is -2.33. The molecule has 0 fully saturated rings. The summed E-state index contributed by atoms with van der Waals surface area (Å²) < 4.78 is 2.07. The zero-order chi connectivity index (χ0) is 11.1. The number of nitrogens with zero attached hydrogens (tertiary/aromatic N) is 2. The Morgan fingerprint density at radius 3 is 2.87 bits per heavy atom. The molecule has 0 radical (unpaired) electrons. The molecule has 0 spiro atoms. The molecular weight excluding hydrogens is 190 g/mol. The number of hydrogen-bond acceptors (Lipinski definition) is 3. The van der Waals surface area contributed by atoms with Crippen LogP contribution in [0.15, 0.2) is 18.7 Å². The summed E-state index contributed by atoms with van der Waals surface area (Å²) in [5.74, 6) is 0. The van der Waals surface area contributed by atoms with Crippen molar-refractivity contribution in [1.82, 2.24) is 14.9 Å². The Balaban J connectivity index is 2.03. The van der Waals surface area contributed by atoms with E-state index in [0.29, 0.717) is 0 Å². The molecule has 0 aliphatic carbocycles. The van der Waals surface area contributed by atoms with Gasteiger partial charge in [-0.15, -0.1) is 0 Å². The van der Waals surface area contributed by atoms with E-state index in [-0.39, 0.29) is 12.0 Å². The lowest BCUT2D eigenvalue weighted by Gasteiger charge is -2.21.